The van der Waals surface area contributed by atoms with Crippen LogP contribution in [-0.4, -0.2) is 46.0 Å². The van der Waals surface area contributed by atoms with Gasteiger partial charge in [0.1, 0.15) is 0 Å². The van der Waals surface area contributed by atoms with Crippen LogP contribution in [0.1, 0.15) is 32.3 Å². The monoisotopic (exact) mass is 337 g/mol. The van der Waals surface area contributed by atoms with Crippen molar-refractivity contribution in [2.75, 3.05) is 40.0 Å². The largest absolute Gasteiger partial charge is 0.493 e. The summed E-state index contributed by atoms with van der Waals surface area (Å²) in [6, 6.07) is 6.03. The van der Waals surface area contributed by atoms with Crippen LogP contribution in [0.2, 0.25) is 0 Å². The second kappa shape index (κ2) is 12.5. The third-order valence-corrected chi connectivity index (χ3v) is 3.41. The highest BCUT2D eigenvalue weighted by Crippen LogP contribution is 2.28. The third kappa shape index (κ3) is 8.06. The number of aryl methyl sites for hydroxylation is 1. The van der Waals surface area contributed by atoms with Crippen molar-refractivity contribution in [2.45, 2.75) is 33.1 Å². The summed E-state index contributed by atoms with van der Waals surface area (Å²) in [7, 11) is 1.65. The normalized spacial score (nSPS) is 11.4. The minimum absolute atomic E-state index is 0.497. The molecule has 3 N–H and O–H groups in total. The van der Waals surface area contributed by atoms with Gasteiger partial charge in [-0.3, -0.25) is 4.99 Å². The SMILES string of the molecule is CCOCCCNC(N)=NCCCc1ccc(OC)c(OCC)c1. The van der Waals surface area contributed by atoms with Crippen molar-refractivity contribution in [3.63, 3.8) is 0 Å². The van der Waals surface area contributed by atoms with Gasteiger partial charge in [0.25, 0.3) is 0 Å². The van der Waals surface area contributed by atoms with E-state index in [0.717, 1.165) is 50.5 Å². The first-order chi connectivity index (χ1) is 11.7. The average molecular weight is 337 g/mol. The number of hydrogen-bond acceptors (Lipinski definition) is 4. The standard InChI is InChI=1S/C18H31N3O3/c1-4-23-13-7-12-21-18(19)20-11-6-8-15-9-10-16(22-3)17(14-15)24-5-2/h9-10,14H,4-8,11-13H2,1-3H3,(H3,19,20,21). The predicted octanol–water partition coefficient (Wildman–Crippen LogP) is 2.36. The Hall–Kier alpha value is -1.95. The Morgan fingerprint density at radius 2 is 2.00 bits per heavy atom. The minimum atomic E-state index is 0.497. The Bertz CT molecular complexity index is 492. The molecule has 0 atom stereocenters. The van der Waals surface area contributed by atoms with Crippen molar-refractivity contribution in [3.05, 3.63) is 23.8 Å². The molecule has 0 saturated carbocycles. The molecule has 136 valence electrons. The van der Waals surface area contributed by atoms with Gasteiger partial charge in [-0.15, -0.1) is 0 Å². The highest BCUT2D eigenvalue weighted by Gasteiger charge is 2.05. The molecule has 0 saturated heterocycles. The van der Waals surface area contributed by atoms with E-state index in [-0.39, 0.29) is 0 Å². The molecule has 0 unspecified atom stereocenters. The lowest BCUT2D eigenvalue weighted by molar-refractivity contribution is 0.145. The zero-order chi connectivity index (χ0) is 17.6. The number of guanidine groups is 1. The van der Waals surface area contributed by atoms with E-state index in [1.54, 1.807) is 7.11 Å². The molecule has 0 heterocycles. The number of nitrogens with zero attached hydrogens (tertiary/aromatic N) is 1. The van der Waals surface area contributed by atoms with Crippen molar-refractivity contribution in [1.29, 1.82) is 0 Å². The first kappa shape index (κ1) is 20.1. The van der Waals surface area contributed by atoms with Crippen molar-refractivity contribution in [1.82, 2.24) is 5.32 Å². The molecular weight excluding hydrogens is 306 g/mol. The lowest BCUT2D eigenvalue weighted by Gasteiger charge is -2.11. The maximum absolute atomic E-state index is 5.83. The molecule has 0 spiro atoms. The molecule has 0 bridgehead atoms. The smallest absolute Gasteiger partial charge is 0.188 e. The number of aliphatic imine (C=N–C) groups is 1. The van der Waals surface area contributed by atoms with Crippen LogP contribution in [0, 0.1) is 0 Å². The molecule has 0 aliphatic carbocycles. The van der Waals surface area contributed by atoms with Crippen LogP contribution in [0.5, 0.6) is 11.5 Å². The Morgan fingerprint density at radius 3 is 2.71 bits per heavy atom. The number of benzene rings is 1. The van der Waals surface area contributed by atoms with Crippen LogP contribution in [0.15, 0.2) is 23.2 Å². The van der Waals surface area contributed by atoms with Crippen LogP contribution < -0.4 is 20.5 Å². The van der Waals surface area contributed by atoms with Gasteiger partial charge in [0.15, 0.2) is 17.5 Å². The summed E-state index contributed by atoms with van der Waals surface area (Å²) in [5, 5.41) is 3.09. The predicted molar refractivity (Wildman–Crippen MR) is 98.1 cm³/mol. The van der Waals surface area contributed by atoms with Crippen LogP contribution in [0.4, 0.5) is 0 Å². The fraction of sp³-hybridized carbons (Fsp3) is 0.611. The fourth-order valence-corrected chi connectivity index (χ4v) is 2.22. The molecule has 1 aromatic carbocycles. The second-order valence-electron chi connectivity index (χ2n) is 5.27. The second-order valence-corrected chi connectivity index (χ2v) is 5.27. The third-order valence-electron chi connectivity index (χ3n) is 3.41. The number of methoxy groups -OCH3 is 1. The van der Waals surface area contributed by atoms with Gasteiger partial charge >= 0.3 is 0 Å². The summed E-state index contributed by atoms with van der Waals surface area (Å²) in [5.41, 5.74) is 7.04. The number of hydrogen-bond donors (Lipinski definition) is 2. The van der Waals surface area contributed by atoms with Crippen molar-refractivity contribution in [2.24, 2.45) is 10.7 Å². The fourth-order valence-electron chi connectivity index (χ4n) is 2.22. The van der Waals surface area contributed by atoms with E-state index in [1.165, 1.54) is 5.56 Å². The molecule has 0 fully saturated rings. The van der Waals surface area contributed by atoms with Crippen LogP contribution in [0.3, 0.4) is 0 Å². The quantitative estimate of drug-likeness (QED) is 0.348. The van der Waals surface area contributed by atoms with Gasteiger partial charge in [0, 0.05) is 26.3 Å². The highest BCUT2D eigenvalue weighted by atomic mass is 16.5. The van der Waals surface area contributed by atoms with Gasteiger partial charge in [0.05, 0.1) is 13.7 Å². The molecule has 24 heavy (non-hydrogen) atoms. The summed E-state index contributed by atoms with van der Waals surface area (Å²) in [5.74, 6) is 2.05. The Balaban J connectivity index is 2.31. The van der Waals surface area contributed by atoms with Gasteiger partial charge in [0.2, 0.25) is 0 Å². The molecule has 1 aromatic rings. The number of ether oxygens (including phenoxy) is 3. The van der Waals surface area contributed by atoms with Gasteiger partial charge in [-0.05, 0) is 50.8 Å². The number of rotatable bonds is 12. The summed E-state index contributed by atoms with van der Waals surface area (Å²) < 4.78 is 16.2. The van der Waals surface area contributed by atoms with Crippen LogP contribution >= 0.6 is 0 Å². The van der Waals surface area contributed by atoms with E-state index in [0.29, 0.717) is 19.1 Å². The zero-order valence-electron chi connectivity index (χ0n) is 15.1. The highest BCUT2D eigenvalue weighted by molar-refractivity contribution is 5.77. The van der Waals surface area contributed by atoms with Crippen LogP contribution in [-0.2, 0) is 11.2 Å². The first-order valence-corrected chi connectivity index (χ1v) is 8.62. The van der Waals surface area contributed by atoms with Crippen LogP contribution in [0.25, 0.3) is 0 Å². The summed E-state index contributed by atoms with van der Waals surface area (Å²) in [4.78, 5) is 4.34. The van der Waals surface area contributed by atoms with Gasteiger partial charge in [-0.25, -0.2) is 0 Å². The number of nitrogens with one attached hydrogen (secondary N) is 1. The van der Waals surface area contributed by atoms with Crippen molar-refractivity contribution < 1.29 is 14.2 Å². The number of nitrogens with two attached hydrogens (primary N) is 1. The van der Waals surface area contributed by atoms with E-state index in [2.05, 4.69) is 16.4 Å². The first-order valence-electron chi connectivity index (χ1n) is 8.62. The summed E-state index contributed by atoms with van der Waals surface area (Å²) in [6.45, 7) is 7.55. The Labute approximate surface area is 145 Å². The molecule has 0 amide bonds. The van der Waals surface area contributed by atoms with Gasteiger partial charge in [-0.1, -0.05) is 6.07 Å². The van der Waals surface area contributed by atoms with E-state index in [1.807, 2.05) is 26.0 Å². The van der Waals surface area contributed by atoms with E-state index in [9.17, 15) is 0 Å². The lowest BCUT2D eigenvalue weighted by Crippen LogP contribution is -2.33. The van der Waals surface area contributed by atoms with Gasteiger partial charge in [-0.2, -0.15) is 0 Å². The topological polar surface area (TPSA) is 78.1 Å². The van der Waals surface area contributed by atoms with E-state index >= 15 is 0 Å². The maximum Gasteiger partial charge on any atom is 0.188 e. The van der Waals surface area contributed by atoms with Crippen molar-refractivity contribution in [3.8, 4) is 11.5 Å². The average Bonchev–Trinajstić information content (AvgIpc) is 2.59. The molecule has 1 rings (SSSR count). The molecule has 0 aromatic heterocycles. The zero-order valence-corrected chi connectivity index (χ0v) is 15.1. The molecule has 6 nitrogen and oxygen atoms in total. The van der Waals surface area contributed by atoms with E-state index < -0.39 is 0 Å². The molecule has 0 radical (unpaired) electrons. The lowest BCUT2D eigenvalue weighted by atomic mass is 10.1. The minimum Gasteiger partial charge on any atom is -0.493 e. The Kier molecular flexibility index (Phi) is 10.4. The summed E-state index contributed by atoms with van der Waals surface area (Å²) >= 11 is 0. The molecular formula is C18H31N3O3. The van der Waals surface area contributed by atoms with Gasteiger partial charge < -0.3 is 25.3 Å². The maximum atomic E-state index is 5.83. The summed E-state index contributed by atoms with van der Waals surface area (Å²) in [6.07, 6.45) is 2.78. The molecule has 0 aliphatic heterocycles. The Morgan fingerprint density at radius 1 is 1.17 bits per heavy atom. The molecule has 0 aliphatic rings. The van der Waals surface area contributed by atoms with E-state index in [4.69, 9.17) is 19.9 Å². The van der Waals surface area contributed by atoms with Crippen molar-refractivity contribution >= 4 is 5.96 Å². The molecule has 6 heteroatoms.